The van der Waals surface area contributed by atoms with E-state index in [0.29, 0.717) is 0 Å². The lowest BCUT2D eigenvalue weighted by atomic mass is 10.2. The molecule has 0 radical (unpaired) electrons. The standard InChI is InChI=1S/C12H15BrClN/c1-2-15(8-4-7-14)10-11-5-3-6-12(13)9-11/h3-7,9H,2,8,10H2,1H3. The van der Waals surface area contributed by atoms with Crippen molar-refractivity contribution >= 4 is 27.5 Å². The molecule has 1 aromatic carbocycles. The van der Waals surface area contributed by atoms with Crippen molar-refractivity contribution in [1.29, 1.82) is 0 Å². The highest BCUT2D eigenvalue weighted by atomic mass is 79.9. The van der Waals surface area contributed by atoms with Gasteiger partial charge in [-0.05, 0) is 24.2 Å². The van der Waals surface area contributed by atoms with Crippen molar-refractivity contribution in [1.82, 2.24) is 4.90 Å². The summed E-state index contributed by atoms with van der Waals surface area (Å²) >= 11 is 8.99. The van der Waals surface area contributed by atoms with Crippen molar-refractivity contribution in [2.45, 2.75) is 13.5 Å². The van der Waals surface area contributed by atoms with Gasteiger partial charge in [0, 0.05) is 23.1 Å². The first-order chi connectivity index (χ1) is 7.26. The van der Waals surface area contributed by atoms with Crippen LogP contribution in [0.15, 0.2) is 40.3 Å². The first kappa shape index (κ1) is 12.8. The molecule has 0 aliphatic carbocycles. The third-order valence-corrected chi connectivity index (χ3v) is 2.87. The molecule has 0 unspecified atom stereocenters. The van der Waals surface area contributed by atoms with E-state index in [-0.39, 0.29) is 0 Å². The third kappa shape index (κ3) is 4.83. The zero-order valence-electron chi connectivity index (χ0n) is 8.79. The van der Waals surface area contributed by atoms with E-state index in [4.69, 9.17) is 11.6 Å². The quantitative estimate of drug-likeness (QED) is 0.791. The van der Waals surface area contributed by atoms with Gasteiger partial charge in [0.05, 0.1) is 0 Å². The van der Waals surface area contributed by atoms with E-state index in [1.807, 2.05) is 12.1 Å². The number of rotatable bonds is 5. The SMILES string of the molecule is CCN(CC=CCl)Cc1cccc(Br)c1. The van der Waals surface area contributed by atoms with Gasteiger partial charge in [0.1, 0.15) is 0 Å². The van der Waals surface area contributed by atoms with Crippen LogP contribution >= 0.6 is 27.5 Å². The van der Waals surface area contributed by atoms with Crippen LogP contribution in [0.3, 0.4) is 0 Å². The van der Waals surface area contributed by atoms with Crippen LogP contribution in [0.25, 0.3) is 0 Å². The second-order valence-electron chi connectivity index (χ2n) is 3.32. The molecule has 0 aliphatic rings. The fraction of sp³-hybridized carbons (Fsp3) is 0.333. The Kier molecular flexibility index (Phi) is 5.99. The molecule has 0 aromatic heterocycles. The van der Waals surface area contributed by atoms with E-state index in [1.165, 1.54) is 5.56 Å². The lowest BCUT2D eigenvalue weighted by Crippen LogP contribution is -2.22. The maximum absolute atomic E-state index is 5.52. The van der Waals surface area contributed by atoms with Crippen LogP contribution in [-0.2, 0) is 6.54 Å². The monoisotopic (exact) mass is 287 g/mol. The van der Waals surface area contributed by atoms with Gasteiger partial charge in [0.2, 0.25) is 0 Å². The van der Waals surface area contributed by atoms with Crippen molar-refractivity contribution < 1.29 is 0 Å². The van der Waals surface area contributed by atoms with Gasteiger partial charge in [0.25, 0.3) is 0 Å². The maximum atomic E-state index is 5.52. The largest absolute Gasteiger partial charge is 0.296 e. The summed E-state index contributed by atoms with van der Waals surface area (Å²) in [6.45, 7) is 5.03. The molecule has 1 aromatic rings. The Morgan fingerprint density at radius 1 is 1.47 bits per heavy atom. The van der Waals surface area contributed by atoms with E-state index in [1.54, 1.807) is 5.54 Å². The predicted octanol–water partition coefficient (Wildman–Crippen LogP) is 4.02. The number of likely N-dealkylation sites (N-methyl/N-ethyl adjacent to an activating group) is 1. The molecule has 0 saturated carbocycles. The summed E-state index contributed by atoms with van der Waals surface area (Å²) < 4.78 is 1.13. The third-order valence-electron chi connectivity index (χ3n) is 2.20. The van der Waals surface area contributed by atoms with Crippen LogP contribution in [0.4, 0.5) is 0 Å². The molecule has 0 saturated heterocycles. The van der Waals surface area contributed by atoms with Crippen molar-refractivity contribution in [3.05, 3.63) is 45.9 Å². The Bertz CT molecular complexity index is 325. The Hall–Kier alpha value is -0.310. The molecule has 1 nitrogen and oxygen atoms in total. The topological polar surface area (TPSA) is 3.24 Å². The average Bonchev–Trinajstić information content (AvgIpc) is 2.24. The summed E-state index contributed by atoms with van der Waals surface area (Å²) in [6, 6.07) is 8.38. The van der Waals surface area contributed by atoms with Gasteiger partial charge in [-0.3, -0.25) is 4.90 Å². The first-order valence-corrected chi connectivity index (χ1v) is 6.21. The van der Waals surface area contributed by atoms with Crippen molar-refractivity contribution in [2.75, 3.05) is 13.1 Å². The fourth-order valence-corrected chi connectivity index (χ4v) is 1.91. The highest BCUT2D eigenvalue weighted by Gasteiger charge is 2.01. The molecule has 0 atom stereocenters. The summed E-state index contributed by atoms with van der Waals surface area (Å²) in [6.07, 6.45) is 1.96. The molecule has 0 heterocycles. The number of hydrogen-bond acceptors (Lipinski definition) is 1. The highest BCUT2D eigenvalue weighted by molar-refractivity contribution is 9.10. The number of nitrogens with zero attached hydrogens (tertiary/aromatic N) is 1. The van der Waals surface area contributed by atoms with E-state index in [0.717, 1.165) is 24.1 Å². The molecular formula is C12H15BrClN. The van der Waals surface area contributed by atoms with E-state index in [9.17, 15) is 0 Å². The molecule has 3 heteroatoms. The summed E-state index contributed by atoms with van der Waals surface area (Å²) in [5.41, 5.74) is 2.89. The van der Waals surface area contributed by atoms with Gasteiger partial charge in [0.15, 0.2) is 0 Å². The highest BCUT2D eigenvalue weighted by Crippen LogP contribution is 2.13. The van der Waals surface area contributed by atoms with Gasteiger partial charge < -0.3 is 0 Å². The first-order valence-electron chi connectivity index (χ1n) is 4.98. The summed E-state index contributed by atoms with van der Waals surface area (Å²) in [7, 11) is 0. The normalized spacial score (nSPS) is 11.5. The Morgan fingerprint density at radius 3 is 2.87 bits per heavy atom. The van der Waals surface area contributed by atoms with Crippen LogP contribution in [0.1, 0.15) is 12.5 Å². The second kappa shape index (κ2) is 7.04. The molecule has 1 rings (SSSR count). The minimum absolute atomic E-state index is 0.895. The van der Waals surface area contributed by atoms with Crippen molar-refractivity contribution in [3.8, 4) is 0 Å². The molecule has 15 heavy (non-hydrogen) atoms. The lowest BCUT2D eigenvalue weighted by Gasteiger charge is -2.18. The minimum Gasteiger partial charge on any atom is -0.296 e. The molecular weight excluding hydrogens is 273 g/mol. The van der Waals surface area contributed by atoms with Crippen molar-refractivity contribution in [3.63, 3.8) is 0 Å². The second-order valence-corrected chi connectivity index (χ2v) is 4.49. The zero-order valence-corrected chi connectivity index (χ0v) is 11.1. The lowest BCUT2D eigenvalue weighted by molar-refractivity contribution is 0.311. The van der Waals surface area contributed by atoms with E-state index in [2.05, 4.69) is 46.0 Å². The smallest absolute Gasteiger partial charge is 0.0237 e. The molecule has 0 spiro atoms. The molecule has 0 fully saturated rings. The fourth-order valence-electron chi connectivity index (χ4n) is 1.39. The van der Waals surface area contributed by atoms with Crippen molar-refractivity contribution in [2.24, 2.45) is 0 Å². The Labute approximate surface area is 105 Å². The van der Waals surface area contributed by atoms with Crippen LogP contribution in [0.5, 0.6) is 0 Å². The summed E-state index contributed by atoms with van der Waals surface area (Å²) in [5, 5.41) is 0. The van der Waals surface area contributed by atoms with Crippen LogP contribution < -0.4 is 0 Å². The maximum Gasteiger partial charge on any atom is 0.0237 e. The van der Waals surface area contributed by atoms with E-state index < -0.39 is 0 Å². The molecule has 0 amide bonds. The number of hydrogen-bond donors (Lipinski definition) is 0. The summed E-state index contributed by atoms with van der Waals surface area (Å²) in [5.74, 6) is 0. The van der Waals surface area contributed by atoms with E-state index >= 15 is 0 Å². The number of benzene rings is 1. The predicted molar refractivity (Wildman–Crippen MR) is 70.1 cm³/mol. The Morgan fingerprint density at radius 2 is 2.27 bits per heavy atom. The molecule has 0 bridgehead atoms. The molecule has 0 aliphatic heterocycles. The van der Waals surface area contributed by atoms with Gasteiger partial charge in [-0.1, -0.05) is 52.7 Å². The zero-order chi connectivity index (χ0) is 11.1. The average molecular weight is 289 g/mol. The number of halogens is 2. The minimum atomic E-state index is 0.895. The Balaban J connectivity index is 2.58. The van der Waals surface area contributed by atoms with Gasteiger partial charge in [-0.2, -0.15) is 0 Å². The van der Waals surface area contributed by atoms with Gasteiger partial charge >= 0.3 is 0 Å². The van der Waals surface area contributed by atoms with Crippen LogP contribution in [0.2, 0.25) is 0 Å². The summed E-state index contributed by atoms with van der Waals surface area (Å²) in [4.78, 5) is 2.32. The molecule has 82 valence electrons. The van der Waals surface area contributed by atoms with Crippen LogP contribution in [0, 0.1) is 0 Å². The van der Waals surface area contributed by atoms with Gasteiger partial charge in [-0.15, -0.1) is 0 Å². The van der Waals surface area contributed by atoms with Crippen LogP contribution in [-0.4, -0.2) is 18.0 Å². The molecule has 0 N–H and O–H groups in total. The van der Waals surface area contributed by atoms with Gasteiger partial charge in [-0.25, -0.2) is 0 Å².